The van der Waals surface area contributed by atoms with Crippen molar-refractivity contribution in [1.82, 2.24) is 15.2 Å². The fourth-order valence-corrected chi connectivity index (χ4v) is 5.46. The predicted octanol–water partition coefficient (Wildman–Crippen LogP) is 4.73. The molecule has 0 bridgehead atoms. The van der Waals surface area contributed by atoms with Crippen LogP contribution in [-0.4, -0.2) is 44.5 Å². The molecule has 1 unspecified atom stereocenters. The Kier molecular flexibility index (Phi) is 6.10. The van der Waals surface area contributed by atoms with E-state index in [0.29, 0.717) is 24.0 Å². The van der Waals surface area contributed by atoms with Crippen LogP contribution in [0.2, 0.25) is 0 Å². The van der Waals surface area contributed by atoms with Crippen LogP contribution in [0.5, 0.6) is 0 Å². The quantitative estimate of drug-likeness (QED) is 0.396. The molecule has 3 aromatic carbocycles. The SMILES string of the molecule is Cc1ccc(CNC(=O)CSC2=Nc3ccccc3C3=NC(Cc4c[nH]c5ccccc45)C(=O)N23)cc1. The molecule has 0 radical (unpaired) electrons. The lowest BCUT2D eigenvalue weighted by Crippen LogP contribution is -2.42. The molecule has 2 amide bonds. The lowest BCUT2D eigenvalue weighted by molar-refractivity contribution is -0.124. The summed E-state index contributed by atoms with van der Waals surface area (Å²) in [7, 11) is 0. The number of aryl methyl sites for hydroxylation is 1. The van der Waals surface area contributed by atoms with Gasteiger partial charge >= 0.3 is 0 Å². The fourth-order valence-electron chi connectivity index (χ4n) is 4.63. The van der Waals surface area contributed by atoms with Gasteiger partial charge in [-0.15, -0.1) is 0 Å². The number of para-hydroxylation sites is 2. The van der Waals surface area contributed by atoms with Crippen LogP contribution in [0.1, 0.15) is 22.3 Å². The van der Waals surface area contributed by atoms with Crippen molar-refractivity contribution >= 4 is 51.2 Å². The van der Waals surface area contributed by atoms with Crippen molar-refractivity contribution in [2.45, 2.75) is 25.9 Å². The first kappa shape index (κ1) is 23.2. The van der Waals surface area contributed by atoms with E-state index in [-0.39, 0.29) is 17.6 Å². The minimum Gasteiger partial charge on any atom is -0.361 e. The molecule has 7 nitrogen and oxygen atoms in total. The average molecular weight is 508 g/mol. The Morgan fingerprint density at radius 1 is 1.05 bits per heavy atom. The number of hydrogen-bond acceptors (Lipinski definition) is 5. The number of H-pyrrole nitrogens is 1. The number of aromatic nitrogens is 1. The van der Waals surface area contributed by atoms with E-state index >= 15 is 0 Å². The van der Waals surface area contributed by atoms with Crippen LogP contribution in [0.4, 0.5) is 5.69 Å². The number of aromatic amines is 1. The highest BCUT2D eigenvalue weighted by Gasteiger charge is 2.41. The predicted molar refractivity (Wildman–Crippen MR) is 148 cm³/mol. The monoisotopic (exact) mass is 507 g/mol. The van der Waals surface area contributed by atoms with E-state index < -0.39 is 6.04 Å². The lowest BCUT2D eigenvalue weighted by atomic mass is 10.1. The first-order valence-electron chi connectivity index (χ1n) is 12.2. The Morgan fingerprint density at radius 3 is 2.70 bits per heavy atom. The number of nitrogens with one attached hydrogen (secondary N) is 2. The van der Waals surface area contributed by atoms with Gasteiger partial charge in [0.25, 0.3) is 5.91 Å². The third-order valence-corrected chi connectivity index (χ3v) is 7.52. The van der Waals surface area contributed by atoms with E-state index in [2.05, 4.69) is 10.3 Å². The number of amides is 2. The maximum Gasteiger partial charge on any atom is 0.259 e. The van der Waals surface area contributed by atoms with Gasteiger partial charge in [0.2, 0.25) is 5.91 Å². The van der Waals surface area contributed by atoms with Gasteiger partial charge in [0.05, 0.1) is 11.4 Å². The Bertz CT molecular complexity index is 1570. The highest BCUT2D eigenvalue weighted by Crippen LogP contribution is 2.34. The molecule has 0 saturated carbocycles. The first-order valence-corrected chi connectivity index (χ1v) is 13.2. The molecule has 2 N–H and O–H groups in total. The molecule has 4 aromatic rings. The molecule has 0 aliphatic carbocycles. The van der Waals surface area contributed by atoms with Gasteiger partial charge in [-0.2, -0.15) is 0 Å². The lowest BCUT2D eigenvalue weighted by Gasteiger charge is -2.25. The summed E-state index contributed by atoms with van der Waals surface area (Å²) in [6.07, 6.45) is 2.44. The van der Waals surface area contributed by atoms with E-state index in [4.69, 9.17) is 9.98 Å². The number of benzene rings is 3. The standard InChI is InChI=1S/C29H25N5O2S/c1-18-10-12-19(13-11-18)15-31-26(35)17-37-29-33-24-9-5-3-7-22(24)27-32-25(28(36)34(27)29)14-20-16-30-23-8-4-2-6-21(20)23/h2-13,16,25,30H,14-15,17H2,1H3,(H,31,35). The zero-order valence-electron chi connectivity index (χ0n) is 20.3. The molecular formula is C29H25N5O2S. The van der Waals surface area contributed by atoms with Crippen LogP contribution in [-0.2, 0) is 22.6 Å². The second-order valence-electron chi connectivity index (χ2n) is 9.17. The van der Waals surface area contributed by atoms with Crippen molar-refractivity contribution < 1.29 is 9.59 Å². The molecule has 3 heterocycles. The van der Waals surface area contributed by atoms with Crippen molar-refractivity contribution in [2.24, 2.45) is 9.98 Å². The molecule has 0 spiro atoms. The number of thioether (sulfide) groups is 1. The smallest absolute Gasteiger partial charge is 0.259 e. The Hall–Kier alpha value is -4.17. The van der Waals surface area contributed by atoms with Crippen molar-refractivity contribution in [1.29, 1.82) is 0 Å². The maximum atomic E-state index is 13.6. The van der Waals surface area contributed by atoms with Crippen molar-refractivity contribution in [2.75, 3.05) is 5.75 Å². The number of carbonyl (C=O) groups is 2. The zero-order chi connectivity index (χ0) is 25.4. The maximum absolute atomic E-state index is 13.6. The molecule has 37 heavy (non-hydrogen) atoms. The van der Waals surface area contributed by atoms with Crippen LogP contribution >= 0.6 is 11.8 Å². The normalized spacial score (nSPS) is 16.3. The summed E-state index contributed by atoms with van der Waals surface area (Å²) in [5.74, 6) is 0.508. The van der Waals surface area contributed by atoms with E-state index in [1.54, 1.807) is 4.90 Å². The highest BCUT2D eigenvalue weighted by molar-refractivity contribution is 8.14. The number of aliphatic imine (C=N–C) groups is 2. The third kappa shape index (κ3) is 4.56. The summed E-state index contributed by atoms with van der Waals surface area (Å²) < 4.78 is 0. The number of carbonyl (C=O) groups excluding carboxylic acids is 2. The topological polar surface area (TPSA) is 89.9 Å². The molecule has 6 rings (SSSR count). The van der Waals surface area contributed by atoms with Gasteiger partial charge in [-0.1, -0.05) is 71.9 Å². The fraction of sp³-hybridized carbons (Fsp3) is 0.172. The van der Waals surface area contributed by atoms with Gasteiger partial charge in [-0.25, -0.2) is 9.89 Å². The summed E-state index contributed by atoms with van der Waals surface area (Å²) >= 11 is 1.26. The molecular weight excluding hydrogens is 482 g/mol. The van der Waals surface area contributed by atoms with E-state index in [0.717, 1.165) is 33.3 Å². The van der Waals surface area contributed by atoms with Gasteiger partial charge < -0.3 is 10.3 Å². The average Bonchev–Trinajstić information content (AvgIpc) is 3.48. The minimum absolute atomic E-state index is 0.118. The van der Waals surface area contributed by atoms with Gasteiger partial charge in [0.15, 0.2) is 5.17 Å². The number of amidine groups is 2. The number of fused-ring (bicyclic) bond motifs is 4. The molecule has 0 fully saturated rings. The van der Waals surface area contributed by atoms with Crippen LogP contribution in [0.15, 0.2) is 89.0 Å². The van der Waals surface area contributed by atoms with Crippen molar-refractivity contribution in [3.63, 3.8) is 0 Å². The summed E-state index contributed by atoms with van der Waals surface area (Å²) in [5, 5.41) is 4.52. The van der Waals surface area contributed by atoms with Crippen molar-refractivity contribution in [3.05, 3.63) is 101 Å². The Morgan fingerprint density at radius 2 is 1.84 bits per heavy atom. The van der Waals surface area contributed by atoms with Gasteiger partial charge in [-0.3, -0.25) is 14.6 Å². The first-order chi connectivity index (χ1) is 18.1. The van der Waals surface area contributed by atoms with Crippen LogP contribution in [0.25, 0.3) is 10.9 Å². The summed E-state index contributed by atoms with van der Waals surface area (Å²) in [5.41, 5.74) is 5.88. The number of nitrogens with zero attached hydrogens (tertiary/aromatic N) is 3. The highest BCUT2D eigenvalue weighted by atomic mass is 32.2. The zero-order valence-corrected chi connectivity index (χ0v) is 21.1. The van der Waals surface area contributed by atoms with Gasteiger partial charge in [-0.05, 0) is 36.2 Å². The van der Waals surface area contributed by atoms with Gasteiger partial charge in [0.1, 0.15) is 11.9 Å². The largest absolute Gasteiger partial charge is 0.361 e. The molecule has 2 aliphatic heterocycles. The molecule has 8 heteroatoms. The van der Waals surface area contributed by atoms with Crippen LogP contribution in [0, 0.1) is 6.92 Å². The Balaban J connectivity index is 1.20. The van der Waals surface area contributed by atoms with E-state index in [1.807, 2.05) is 85.9 Å². The second kappa shape index (κ2) is 9.71. The van der Waals surface area contributed by atoms with E-state index in [1.165, 1.54) is 17.3 Å². The summed E-state index contributed by atoms with van der Waals surface area (Å²) in [6.45, 7) is 2.49. The molecule has 0 saturated heterocycles. The number of hydrogen-bond donors (Lipinski definition) is 2. The van der Waals surface area contributed by atoms with Crippen molar-refractivity contribution in [3.8, 4) is 0 Å². The summed E-state index contributed by atoms with van der Waals surface area (Å²) in [4.78, 5) is 40.7. The molecule has 2 aliphatic rings. The third-order valence-electron chi connectivity index (χ3n) is 6.58. The summed E-state index contributed by atoms with van der Waals surface area (Å²) in [6, 6.07) is 23.2. The second-order valence-corrected chi connectivity index (χ2v) is 10.1. The molecule has 1 aromatic heterocycles. The molecule has 1 atom stereocenters. The van der Waals surface area contributed by atoms with Crippen LogP contribution < -0.4 is 5.32 Å². The number of rotatable bonds is 6. The van der Waals surface area contributed by atoms with Crippen LogP contribution in [0.3, 0.4) is 0 Å². The van der Waals surface area contributed by atoms with E-state index in [9.17, 15) is 9.59 Å². The minimum atomic E-state index is -0.554. The van der Waals surface area contributed by atoms with Gasteiger partial charge in [0, 0.05) is 35.6 Å². The Labute approximate surface area is 218 Å². The molecule has 184 valence electrons.